The van der Waals surface area contributed by atoms with Crippen molar-refractivity contribution in [2.45, 2.75) is 6.92 Å². The highest BCUT2D eigenvalue weighted by molar-refractivity contribution is 7.21. The van der Waals surface area contributed by atoms with Crippen LogP contribution in [0.3, 0.4) is 0 Å². The lowest BCUT2D eigenvalue weighted by molar-refractivity contribution is 0.103. The number of carbonyl (C=O) groups is 1. The van der Waals surface area contributed by atoms with Gasteiger partial charge in [-0.25, -0.2) is 0 Å². The normalized spacial score (nSPS) is 10.7. The lowest BCUT2D eigenvalue weighted by Gasteiger charge is -2.13. The summed E-state index contributed by atoms with van der Waals surface area (Å²) in [4.78, 5) is 13.1. The van der Waals surface area contributed by atoms with Crippen LogP contribution in [-0.4, -0.2) is 20.1 Å². The molecular weight excluding hydrogens is 346 g/mol. The number of anilines is 1. The van der Waals surface area contributed by atoms with Crippen molar-refractivity contribution in [2.75, 3.05) is 19.5 Å². The zero-order chi connectivity index (χ0) is 17.3. The van der Waals surface area contributed by atoms with Gasteiger partial charge in [0.15, 0.2) is 11.5 Å². The molecule has 1 heterocycles. The first-order valence-electron chi connectivity index (χ1n) is 7.26. The van der Waals surface area contributed by atoms with Gasteiger partial charge in [-0.1, -0.05) is 29.8 Å². The molecule has 0 fully saturated rings. The van der Waals surface area contributed by atoms with E-state index < -0.39 is 0 Å². The number of aryl methyl sites for hydroxylation is 1. The van der Waals surface area contributed by atoms with Crippen LogP contribution in [-0.2, 0) is 0 Å². The third-order valence-electron chi connectivity index (χ3n) is 3.72. The van der Waals surface area contributed by atoms with E-state index in [1.807, 2.05) is 37.3 Å². The molecule has 3 aromatic rings. The second-order valence-corrected chi connectivity index (χ2v) is 6.65. The van der Waals surface area contributed by atoms with Crippen molar-refractivity contribution in [3.05, 3.63) is 51.9 Å². The molecule has 0 spiro atoms. The average molecular weight is 362 g/mol. The van der Waals surface area contributed by atoms with Gasteiger partial charge in [0.1, 0.15) is 4.88 Å². The number of fused-ring (bicyclic) bond motifs is 1. The van der Waals surface area contributed by atoms with Gasteiger partial charge in [0.25, 0.3) is 5.91 Å². The van der Waals surface area contributed by atoms with Crippen LogP contribution in [0.2, 0.25) is 5.02 Å². The molecule has 0 aliphatic carbocycles. The summed E-state index contributed by atoms with van der Waals surface area (Å²) in [5.41, 5.74) is 1.53. The van der Waals surface area contributed by atoms with Crippen LogP contribution in [0.4, 0.5) is 5.69 Å². The van der Waals surface area contributed by atoms with Gasteiger partial charge >= 0.3 is 0 Å². The highest BCUT2D eigenvalue weighted by Gasteiger charge is 2.18. The van der Waals surface area contributed by atoms with Gasteiger partial charge in [-0.2, -0.15) is 0 Å². The molecule has 0 aliphatic rings. The molecule has 0 atom stereocenters. The third kappa shape index (κ3) is 2.92. The number of hydrogen-bond acceptors (Lipinski definition) is 4. The Hall–Kier alpha value is -2.24. The van der Waals surface area contributed by atoms with E-state index in [2.05, 4.69) is 5.32 Å². The average Bonchev–Trinajstić information content (AvgIpc) is 2.93. The minimum Gasteiger partial charge on any atom is -0.493 e. The van der Waals surface area contributed by atoms with Crippen LogP contribution < -0.4 is 14.8 Å². The number of benzene rings is 2. The summed E-state index contributed by atoms with van der Waals surface area (Å²) in [5.74, 6) is 0.935. The van der Waals surface area contributed by atoms with Crippen LogP contribution >= 0.6 is 22.9 Å². The molecule has 1 N–H and O–H groups in total. The monoisotopic (exact) mass is 361 g/mol. The number of nitrogens with one attached hydrogen (secondary N) is 1. The van der Waals surface area contributed by atoms with Crippen LogP contribution in [0.5, 0.6) is 11.5 Å². The van der Waals surface area contributed by atoms with Crippen LogP contribution in [0.15, 0.2) is 36.4 Å². The van der Waals surface area contributed by atoms with Gasteiger partial charge in [0, 0.05) is 21.8 Å². The van der Waals surface area contributed by atoms with E-state index in [4.69, 9.17) is 21.1 Å². The van der Waals surface area contributed by atoms with Gasteiger partial charge in [0.2, 0.25) is 0 Å². The molecule has 6 heteroatoms. The third-order valence-corrected chi connectivity index (χ3v) is 5.39. The topological polar surface area (TPSA) is 47.6 Å². The predicted molar refractivity (Wildman–Crippen MR) is 99.1 cm³/mol. The van der Waals surface area contributed by atoms with Crippen molar-refractivity contribution in [3.63, 3.8) is 0 Å². The Balaban J connectivity index is 1.95. The molecule has 24 heavy (non-hydrogen) atoms. The first-order valence-corrected chi connectivity index (χ1v) is 8.45. The highest BCUT2D eigenvalue weighted by Crippen LogP contribution is 2.37. The number of ether oxygens (including phenoxy) is 2. The van der Waals surface area contributed by atoms with E-state index in [1.54, 1.807) is 20.3 Å². The van der Waals surface area contributed by atoms with Gasteiger partial charge in [0.05, 0.1) is 19.2 Å². The maximum atomic E-state index is 12.7. The summed E-state index contributed by atoms with van der Waals surface area (Å²) in [6.07, 6.45) is 0. The maximum absolute atomic E-state index is 12.7. The van der Waals surface area contributed by atoms with Crippen molar-refractivity contribution >= 4 is 44.6 Å². The highest BCUT2D eigenvalue weighted by atomic mass is 35.5. The van der Waals surface area contributed by atoms with Crippen LogP contribution in [0, 0.1) is 6.92 Å². The molecule has 0 saturated carbocycles. The van der Waals surface area contributed by atoms with E-state index >= 15 is 0 Å². The number of hydrogen-bond donors (Lipinski definition) is 1. The molecule has 1 aromatic heterocycles. The molecule has 0 aliphatic heterocycles. The molecular formula is C18H16ClNO3S. The van der Waals surface area contributed by atoms with Gasteiger partial charge in [-0.3, -0.25) is 4.79 Å². The van der Waals surface area contributed by atoms with Crippen LogP contribution in [0.25, 0.3) is 10.1 Å². The van der Waals surface area contributed by atoms with Crippen molar-refractivity contribution < 1.29 is 14.3 Å². The molecule has 4 nitrogen and oxygen atoms in total. The fourth-order valence-corrected chi connectivity index (χ4v) is 3.87. The summed E-state index contributed by atoms with van der Waals surface area (Å²) in [7, 11) is 3.13. The number of carbonyl (C=O) groups excluding carboxylic acids is 1. The second kappa shape index (κ2) is 6.71. The van der Waals surface area contributed by atoms with E-state index in [-0.39, 0.29) is 5.91 Å². The van der Waals surface area contributed by atoms with Gasteiger partial charge in [-0.05, 0) is 24.6 Å². The summed E-state index contributed by atoms with van der Waals surface area (Å²) < 4.78 is 11.5. The SMILES string of the molecule is COc1cc(C)c(NC(=O)c2sc3ccccc3c2Cl)cc1OC. The zero-order valence-corrected chi connectivity index (χ0v) is 15.0. The minimum absolute atomic E-state index is 0.239. The molecule has 124 valence electrons. The second-order valence-electron chi connectivity index (χ2n) is 5.22. The molecule has 3 rings (SSSR count). The van der Waals surface area contributed by atoms with E-state index in [1.165, 1.54) is 11.3 Å². The largest absolute Gasteiger partial charge is 0.493 e. The van der Waals surface area contributed by atoms with Crippen LogP contribution in [0.1, 0.15) is 15.2 Å². The number of methoxy groups -OCH3 is 2. The van der Waals surface area contributed by atoms with Gasteiger partial charge in [-0.15, -0.1) is 11.3 Å². The predicted octanol–water partition coefficient (Wildman–Crippen LogP) is 5.13. The Morgan fingerprint density at radius 1 is 1.12 bits per heavy atom. The summed E-state index contributed by atoms with van der Waals surface area (Å²) in [6, 6.07) is 11.3. The van der Waals surface area contributed by atoms with Crippen molar-refractivity contribution in [1.29, 1.82) is 0 Å². The van der Waals surface area contributed by atoms with E-state index in [0.29, 0.717) is 27.1 Å². The maximum Gasteiger partial charge on any atom is 0.267 e. The first-order chi connectivity index (χ1) is 11.5. The molecule has 0 saturated heterocycles. The summed E-state index contributed by atoms with van der Waals surface area (Å²) in [6.45, 7) is 1.89. The molecule has 0 unspecified atom stereocenters. The van der Waals surface area contributed by atoms with Crippen molar-refractivity contribution in [1.82, 2.24) is 0 Å². The number of thiophene rings is 1. The Morgan fingerprint density at radius 2 is 1.79 bits per heavy atom. The molecule has 0 radical (unpaired) electrons. The van der Waals surface area contributed by atoms with Gasteiger partial charge < -0.3 is 14.8 Å². The fourth-order valence-electron chi connectivity index (χ4n) is 2.45. The van der Waals surface area contributed by atoms with E-state index in [0.717, 1.165) is 15.6 Å². The smallest absolute Gasteiger partial charge is 0.267 e. The minimum atomic E-state index is -0.239. The number of rotatable bonds is 4. The Bertz CT molecular complexity index is 920. The Labute approximate surface area is 149 Å². The van der Waals surface area contributed by atoms with Crippen molar-refractivity contribution in [3.8, 4) is 11.5 Å². The standard InChI is InChI=1S/C18H16ClNO3S/c1-10-8-13(22-2)14(23-3)9-12(10)20-18(21)17-16(19)11-6-4-5-7-15(11)24-17/h4-9H,1-3H3,(H,20,21). The molecule has 0 bridgehead atoms. The quantitative estimate of drug-likeness (QED) is 0.700. The zero-order valence-electron chi connectivity index (χ0n) is 13.5. The Kier molecular flexibility index (Phi) is 4.64. The fraction of sp³-hybridized carbons (Fsp3) is 0.167. The number of amides is 1. The molecule has 2 aromatic carbocycles. The first kappa shape index (κ1) is 16.6. The lowest BCUT2D eigenvalue weighted by Crippen LogP contribution is -2.12. The van der Waals surface area contributed by atoms with Crippen molar-refractivity contribution in [2.24, 2.45) is 0 Å². The van der Waals surface area contributed by atoms with E-state index in [9.17, 15) is 4.79 Å². The lowest BCUT2D eigenvalue weighted by atomic mass is 10.1. The summed E-state index contributed by atoms with van der Waals surface area (Å²) >= 11 is 7.74. The Morgan fingerprint density at radius 3 is 2.46 bits per heavy atom. The summed E-state index contributed by atoms with van der Waals surface area (Å²) in [5, 5.41) is 4.27. The molecule has 1 amide bonds. The number of halogens is 1.